The fourth-order valence-corrected chi connectivity index (χ4v) is 5.04. The molecule has 0 bridgehead atoms. The number of halogens is 1. The summed E-state index contributed by atoms with van der Waals surface area (Å²) in [4.78, 5) is 22.9. The minimum atomic E-state index is -0.0157. The first kappa shape index (κ1) is 20.4. The summed E-state index contributed by atoms with van der Waals surface area (Å²) < 4.78 is 0. The molecule has 1 aliphatic carbocycles. The van der Waals surface area contributed by atoms with Crippen LogP contribution < -0.4 is 5.56 Å². The van der Waals surface area contributed by atoms with Gasteiger partial charge in [0.1, 0.15) is 5.82 Å². The Labute approximate surface area is 178 Å². The Hall–Kier alpha value is -1.91. The lowest BCUT2D eigenvalue weighted by Crippen LogP contribution is -2.37. The first-order valence-electron chi connectivity index (χ1n) is 10.6. The van der Waals surface area contributed by atoms with Gasteiger partial charge in [-0.25, -0.2) is 4.98 Å². The van der Waals surface area contributed by atoms with Crippen molar-refractivity contribution >= 4 is 11.6 Å². The normalized spacial score (nSPS) is 19.3. The molecule has 1 aliphatic heterocycles. The van der Waals surface area contributed by atoms with E-state index in [0.29, 0.717) is 22.8 Å². The third-order valence-electron chi connectivity index (χ3n) is 6.63. The van der Waals surface area contributed by atoms with Crippen molar-refractivity contribution in [2.45, 2.75) is 59.4 Å². The summed E-state index contributed by atoms with van der Waals surface area (Å²) in [5.74, 6) is 0.628. The van der Waals surface area contributed by atoms with Crippen molar-refractivity contribution in [3.8, 4) is 11.4 Å². The predicted molar refractivity (Wildman–Crippen MR) is 119 cm³/mol. The van der Waals surface area contributed by atoms with E-state index >= 15 is 0 Å². The number of hydrogen-bond acceptors (Lipinski definition) is 3. The molecule has 5 heteroatoms. The zero-order valence-corrected chi connectivity index (χ0v) is 18.4. The van der Waals surface area contributed by atoms with Crippen molar-refractivity contribution in [2.75, 3.05) is 13.1 Å². The molecule has 2 aromatic rings. The number of aromatic nitrogens is 2. The average Bonchev–Trinajstić information content (AvgIpc) is 2.68. The number of hydrogen-bond donors (Lipinski definition) is 1. The number of fused-ring (bicyclic) bond motifs is 1. The van der Waals surface area contributed by atoms with Crippen LogP contribution in [0.5, 0.6) is 0 Å². The third kappa shape index (κ3) is 4.34. The Morgan fingerprint density at radius 3 is 2.69 bits per heavy atom. The SMILES string of the molecule is CC1=C(CCN2CCc3nc(-c4ccc(Cl)cc4)[nH]c(=O)c3C2)C(C)(C)CCC1. The monoisotopic (exact) mass is 411 g/mol. The summed E-state index contributed by atoms with van der Waals surface area (Å²) in [6.45, 7) is 9.71. The molecule has 2 aliphatic rings. The Bertz CT molecular complexity index is 988. The van der Waals surface area contributed by atoms with Crippen molar-refractivity contribution in [2.24, 2.45) is 5.41 Å². The van der Waals surface area contributed by atoms with E-state index in [1.807, 2.05) is 24.3 Å². The van der Waals surface area contributed by atoms with E-state index in [2.05, 4.69) is 30.7 Å². The number of nitrogens with one attached hydrogen (secondary N) is 1. The lowest BCUT2D eigenvalue weighted by Gasteiger charge is -2.36. The van der Waals surface area contributed by atoms with Crippen LogP contribution in [0.3, 0.4) is 0 Å². The van der Waals surface area contributed by atoms with Gasteiger partial charge in [0.05, 0.1) is 11.3 Å². The number of allylic oxidation sites excluding steroid dienone is 1. The van der Waals surface area contributed by atoms with Gasteiger partial charge >= 0.3 is 0 Å². The van der Waals surface area contributed by atoms with Crippen LogP contribution in [-0.4, -0.2) is 28.0 Å². The lowest BCUT2D eigenvalue weighted by atomic mass is 9.71. The first-order chi connectivity index (χ1) is 13.8. The number of rotatable bonds is 4. The van der Waals surface area contributed by atoms with E-state index in [1.165, 1.54) is 19.3 Å². The molecule has 0 atom stereocenters. The summed E-state index contributed by atoms with van der Waals surface area (Å²) >= 11 is 5.97. The Morgan fingerprint density at radius 2 is 1.97 bits per heavy atom. The van der Waals surface area contributed by atoms with Gasteiger partial charge in [-0.05, 0) is 62.3 Å². The molecule has 0 spiro atoms. The summed E-state index contributed by atoms with van der Waals surface area (Å²) in [5, 5.41) is 0.677. The van der Waals surface area contributed by atoms with E-state index < -0.39 is 0 Å². The molecule has 0 amide bonds. The molecular weight excluding hydrogens is 382 g/mol. The molecular formula is C24H30ClN3O. The van der Waals surface area contributed by atoms with E-state index in [-0.39, 0.29) is 5.56 Å². The van der Waals surface area contributed by atoms with Crippen molar-refractivity contribution in [3.05, 3.63) is 62.0 Å². The highest BCUT2D eigenvalue weighted by atomic mass is 35.5. The molecule has 154 valence electrons. The Morgan fingerprint density at radius 1 is 1.21 bits per heavy atom. The van der Waals surface area contributed by atoms with Gasteiger partial charge in [0, 0.05) is 36.6 Å². The van der Waals surface area contributed by atoms with Crippen LogP contribution in [0.2, 0.25) is 5.02 Å². The van der Waals surface area contributed by atoms with Gasteiger partial charge in [-0.15, -0.1) is 0 Å². The highest BCUT2D eigenvalue weighted by Gasteiger charge is 2.29. The molecule has 1 aromatic heterocycles. The van der Waals surface area contributed by atoms with Crippen LogP contribution in [0.25, 0.3) is 11.4 Å². The maximum Gasteiger partial charge on any atom is 0.255 e. The van der Waals surface area contributed by atoms with Crippen LogP contribution in [0.4, 0.5) is 0 Å². The fraction of sp³-hybridized carbons (Fsp3) is 0.500. The second kappa shape index (κ2) is 8.08. The molecule has 29 heavy (non-hydrogen) atoms. The van der Waals surface area contributed by atoms with Gasteiger partial charge in [0.15, 0.2) is 0 Å². The lowest BCUT2D eigenvalue weighted by molar-refractivity contribution is 0.242. The van der Waals surface area contributed by atoms with Gasteiger partial charge < -0.3 is 4.98 Å². The number of benzene rings is 1. The van der Waals surface area contributed by atoms with E-state index in [0.717, 1.165) is 42.8 Å². The second-order valence-electron chi connectivity index (χ2n) is 9.12. The van der Waals surface area contributed by atoms with Gasteiger partial charge in [-0.2, -0.15) is 0 Å². The molecule has 0 unspecified atom stereocenters. The van der Waals surface area contributed by atoms with Gasteiger partial charge in [0.2, 0.25) is 0 Å². The number of aromatic amines is 1. The van der Waals surface area contributed by atoms with E-state index in [1.54, 1.807) is 11.1 Å². The fourth-order valence-electron chi connectivity index (χ4n) is 4.91. The highest BCUT2D eigenvalue weighted by Crippen LogP contribution is 2.41. The Balaban J connectivity index is 1.49. The van der Waals surface area contributed by atoms with Crippen LogP contribution >= 0.6 is 11.6 Å². The molecule has 0 saturated heterocycles. The van der Waals surface area contributed by atoms with E-state index in [9.17, 15) is 4.79 Å². The number of nitrogens with zero attached hydrogens (tertiary/aromatic N) is 2. The molecule has 0 saturated carbocycles. The molecule has 0 fully saturated rings. The highest BCUT2D eigenvalue weighted by molar-refractivity contribution is 6.30. The molecule has 2 heterocycles. The topological polar surface area (TPSA) is 49.0 Å². The molecule has 1 aromatic carbocycles. The summed E-state index contributed by atoms with van der Waals surface area (Å²) in [7, 11) is 0. The smallest absolute Gasteiger partial charge is 0.255 e. The van der Waals surface area contributed by atoms with Crippen LogP contribution in [0.1, 0.15) is 57.7 Å². The summed E-state index contributed by atoms with van der Waals surface area (Å²) in [6, 6.07) is 7.43. The Kier molecular flexibility index (Phi) is 5.67. The zero-order chi connectivity index (χ0) is 20.6. The largest absolute Gasteiger partial charge is 0.306 e. The maximum absolute atomic E-state index is 12.8. The van der Waals surface area contributed by atoms with Crippen LogP contribution in [0, 0.1) is 5.41 Å². The summed E-state index contributed by atoms with van der Waals surface area (Å²) in [6.07, 6.45) is 5.73. The molecule has 1 N–H and O–H groups in total. The molecule has 4 rings (SSSR count). The minimum absolute atomic E-state index is 0.0157. The molecule has 4 nitrogen and oxygen atoms in total. The zero-order valence-electron chi connectivity index (χ0n) is 17.6. The molecule has 0 radical (unpaired) electrons. The van der Waals surface area contributed by atoms with Crippen molar-refractivity contribution in [3.63, 3.8) is 0 Å². The number of H-pyrrole nitrogens is 1. The maximum atomic E-state index is 12.8. The quantitative estimate of drug-likeness (QED) is 0.688. The summed E-state index contributed by atoms with van der Waals surface area (Å²) in [5.41, 5.74) is 6.13. The van der Waals surface area contributed by atoms with Crippen molar-refractivity contribution in [1.29, 1.82) is 0 Å². The average molecular weight is 412 g/mol. The second-order valence-corrected chi connectivity index (χ2v) is 9.56. The standard InChI is InChI=1S/C24H30ClN3O/c1-16-5-4-12-24(2,3)20(16)10-13-28-14-11-21-19(15-28)23(29)27-22(26-21)17-6-8-18(25)9-7-17/h6-9H,4-5,10-15H2,1-3H3,(H,26,27,29). The van der Waals surface area contributed by atoms with Gasteiger partial charge in [-0.1, -0.05) is 36.6 Å². The minimum Gasteiger partial charge on any atom is -0.306 e. The van der Waals surface area contributed by atoms with E-state index in [4.69, 9.17) is 16.6 Å². The predicted octanol–water partition coefficient (Wildman–Crippen LogP) is 5.37. The first-order valence-corrected chi connectivity index (χ1v) is 11.0. The third-order valence-corrected chi connectivity index (χ3v) is 6.88. The van der Waals surface area contributed by atoms with Gasteiger partial charge in [-0.3, -0.25) is 9.69 Å². The van der Waals surface area contributed by atoms with Gasteiger partial charge in [0.25, 0.3) is 5.56 Å². The van der Waals surface area contributed by atoms with Crippen LogP contribution in [0.15, 0.2) is 40.2 Å². The van der Waals surface area contributed by atoms with Crippen molar-refractivity contribution in [1.82, 2.24) is 14.9 Å². The van der Waals surface area contributed by atoms with Crippen LogP contribution in [-0.2, 0) is 13.0 Å². The van der Waals surface area contributed by atoms with Crippen molar-refractivity contribution < 1.29 is 0 Å².